The molecule has 0 saturated carbocycles. The molecule has 0 aliphatic rings. The van der Waals surface area contributed by atoms with Crippen molar-refractivity contribution in [1.82, 2.24) is 4.98 Å². The van der Waals surface area contributed by atoms with Crippen LogP contribution in [0.15, 0.2) is 47.9 Å². The minimum atomic E-state index is -0.454. The van der Waals surface area contributed by atoms with E-state index in [4.69, 9.17) is 0 Å². The Morgan fingerprint density at radius 1 is 1.11 bits per heavy atom. The van der Waals surface area contributed by atoms with Gasteiger partial charge in [-0.3, -0.25) is 10.1 Å². The molecule has 1 heterocycles. The number of hydrogen-bond donors (Lipinski definition) is 1. The quantitative estimate of drug-likeness (QED) is 0.506. The van der Waals surface area contributed by atoms with E-state index >= 15 is 0 Å². The normalized spacial score (nSPS) is 9.78. The molecule has 18 heavy (non-hydrogen) atoms. The van der Waals surface area contributed by atoms with Crippen LogP contribution in [-0.4, -0.2) is 9.91 Å². The number of anilines is 1. The maximum Gasteiger partial charge on any atom is 0.269 e. The van der Waals surface area contributed by atoms with E-state index < -0.39 is 4.92 Å². The van der Waals surface area contributed by atoms with Crippen LogP contribution >= 0.6 is 0 Å². The topological polar surface area (TPSA) is 97.5 Å². The molecular weight excluding hydrogens is 236 g/mol. The smallest absolute Gasteiger partial charge is 0.258 e. The van der Waals surface area contributed by atoms with Crippen molar-refractivity contribution in [3.05, 3.63) is 57.6 Å². The van der Waals surface area contributed by atoms with Gasteiger partial charge in [0.2, 0.25) is 0 Å². The first-order valence-electron chi connectivity index (χ1n) is 5.00. The molecule has 2 rings (SSSR count). The van der Waals surface area contributed by atoms with Crippen molar-refractivity contribution in [3.8, 4) is 11.1 Å². The fourth-order valence-corrected chi connectivity index (χ4v) is 1.45. The fraction of sp³-hybridized carbons (Fsp3) is 0. The van der Waals surface area contributed by atoms with Gasteiger partial charge in [-0.1, -0.05) is 0 Å². The number of benzene rings is 1. The Morgan fingerprint density at radius 2 is 1.78 bits per heavy atom. The predicted molar refractivity (Wildman–Crippen MR) is 65.7 cm³/mol. The largest absolute Gasteiger partial charge is 0.269 e. The molecule has 0 unspecified atom stereocenters. The van der Waals surface area contributed by atoms with Crippen molar-refractivity contribution in [2.45, 2.75) is 0 Å². The first-order valence-corrected chi connectivity index (χ1v) is 5.00. The number of nitrogens with one attached hydrogen (secondary N) is 1. The van der Waals surface area contributed by atoms with Crippen LogP contribution < -0.4 is 5.43 Å². The highest BCUT2D eigenvalue weighted by atomic mass is 16.6. The van der Waals surface area contributed by atoms with E-state index in [0.29, 0.717) is 5.82 Å². The summed E-state index contributed by atoms with van der Waals surface area (Å²) in [6, 6.07) is 9.46. The summed E-state index contributed by atoms with van der Waals surface area (Å²) in [7, 11) is 0. The zero-order valence-electron chi connectivity index (χ0n) is 9.11. The zero-order valence-corrected chi connectivity index (χ0v) is 9.11. The molecule has 0 aliphatic carbocycles. The fourth-order valence-electron chi connectivity index (χ4n) is 1.45. The molecule has 0 amide bonds. The standard InChI is InChI=1S/C11H8N4O3/c16-14-13-11-6-3-9(7-12-11)8-1-4-10(5-2-8)15(17)18/h1-7H,(H,12,13,16). The number of nitroso groups, excluding NO2 is 1. The van der Waals surface area contributed by atoms with E-state index in [1.165, 1.54) is 12.1 Å². The highest BCUT2D eigenvalue weighted by Crippen LogP contribution is 2.22. The number of nitro groups is 1. The van der Waals surface area contributed by atoms with Crippen molar-refractivity contribution >= 4 is 11.5 Å². The lowest BCUT2D eigenvalue weighted by molar-refractivity contribution is -0.384. The monoisotopic (exact) mass is 244 g/mol. The van der Waals surface area contributed by atoms with E-state index in [2.05, 4.69) is 15.7 Å². The number of non-ortho nitro benzene ring substituents is 1. The Kier molecular flexibility index (Phi) is 3.24. The van der Waals surface area contributed by atoms with Gasteiger partial charge in [0.15, 0.2) is 0 Å². The molecule has 0 bridgehead atoms. The number of hydrogen-bond acceptors (Lipinski definition) is 5. The lowest BCUT2D eigenvalue weighted by Crippen LogP contribution is -1.90. The third-order valence-electron chi connectivity index (χ3n) is 2.34. The van der Waals surface area contributed by atoms with Gasteiger partial charge in [0.25, 0.3) is 5.69 Å². The number of nitrogens with zero attached hydrogens (tertiary/aromatic N) is 3. The van der Waals surface area contributed by atoms with Crippen LogP contribution in [0, 0.1) is 15.0 Å². The minimum absolute atomic E-state index is 0.0372. The SMILES string of the molecule is O=NNc1ccc(-c2ccc([N+](=O)[O-])cc2)cn1. The van der Waals surface area contributed by atoms with Crippen LogP contribution in [0.4, 0.5) is 11.5 Å². The molecule has 1 aromatic heterocycles. The average molecular weight is 244 g/mol. The van der Waals surface area contributed by atoms with Crippen molar-refractivity contribution in [2.75, 3.05) is 5.43 Å². The van der Waals surface area contributed by atoms with Crippen molar-refractivity contribution in [1.29, 1.82) is 0 Å². The third-order valence-corrected chi connectivity index (χ3v) is 2.34. The molecule has 0 spiro atoms. The molecule has 90 valence electrons. The molecule has 0 fully saturated rings. The summed E-state index contributed by atoms with van der Waals surface area (Å²) in [6.07, 6.45) is 1.55. The van der Waals surface area contributed by atoms with Gasteiger partial charge in [0, 0.05) is 23.9 Å². The molecule has 0 atom stereocenters. The van der Waals surface area contributed by atoms with Crippen LogP contribution in [0.5, 0.6) is 0 Å². The summed E-state index contributed by atoms with van der Waals surface area (Å²) in [5.41, 5.74) is 3.81. The summed E-state index contributed by atoms with van der Waals surface area (Å²) in [6.45, 7) is 0. The Bertz CT molecular complexity index is 566. The van der Waals surface area contributed by atoms with Crippen molar-refractivity contribution in [2.24, 2.45) is 5.29 Å². The second-order valence-corrected chi connectivity index (χ2v) is 3.44. The summed E-state index contributed by atoms with van der Waals surface area (Å²) in [5.74, 6) is 0.343. The lowest BCUT2D eigenvalue weighted by Gasteiger charge is -2.02. The van der Waals surface area contributed by atoms with E-state index in [0.717, 1.165) is 11.1 Å². The second-order valence-electron chi connectivity index (χ2n) is 3.44. The van der Waals surface area contributed by atoms with Crippen LogP contribution in [0.2, 0.25) is 0 Å². The molecule has 0 radical (unpaired) electrons. The van der Waals surface area contributed by atoms with E-state index in [1.54, 1.807) is 30.5 Å². The van der Waals surface area contributed by atoms with Gasteiger partial charge in [-0.05, 0) is 29.8 Å². The maximum atomic E-state index is 10.5. The van der Waals surface area contributed by atoms with Crippen LogP contribution in [0.25, 0.3) is 11.1 Å². The first kappa shape index (κ1) is 11.6. The van der Waals surface area contributed by atoms with Gasteiger partial charge in [0.05, 0.1) is 10.2 Å². The van der Waals surface area contributed by atoms with E-state index in [1.807, 2.05) is 0 Å². The van der Waals surface area contributed by atoms with Gasteiger partial charge < -0.3 is 0 Å². The Labute approximate surface area is 102 Å². The van der Waals surface area contributed by atoms with Gasteiger partial charge in [-0.15, -0.1) is 4.91 Å². The second kappa shape index (κ2) is 5.00. The lowest BCUT2D eigenvalue weighted by atomic mass is 10.1. The van der Waals surface area contributed by atoms with E-state index in [-0.39, 0.29) is 5.69 Å². The van der Waals surface area contributed by atoms with Gasteiger partial charge >= 0.3 is 0 Å². The summed E-state index contributed by atoms with van der Waals surface area (Å²) < 4.78 is 0. The summed E-state index contributed by atoms with van der Waals surface area (Å²) >= 11 is 0. The van der Waals surface area contributed by atoms with Crippen LogP contribution in [0.3, 0.4) is 0 Å². The summed E-state index contributed by atoms with van der Waals surface area (Å²) in [5, 5.41) is 13.0. The highest BCUT2D eigenvalue weighted by Gasteiger charge is 2.05. The molecule has 0 saturated heterocycles. The molecule has 1 N–H and O–H groups in total. The van der Waals surface area contributed by atoms with Crippen LogP contribution in [-0.2, 0) is 0 Å². The third kappa shape index (κ3) is 2.46. The van der Waals surface area contributed by atoms with Gasteiger partial charge in [0.1, 0.15) is 5.82 Å². The molecule has 7 nitrogen and oxygen atoms in total. The predicted octanol–water partition coefficient (Wildman–Crippen LogP) is 2.75. The number of nitro benzene ring substituents is 1. The number of pyridine rings is 1. The average Bonchev–Trinajstić information content (AvgIpc) is 2.40. The van der Waals surface area contributed by atoms with Crippen molar-refractivity contribution < 1.29 is 4.92 Å². The molecule has 7 heteroatoms. The zero-order chi connectivity index (χ0) is 13.0. The van der Waals surface area contributed by atoms with Crippen molar-refractivity contribution in [3.63, 3.8) is 0 Å². The summed E-state index contributed by atoms with van der Waals surface area (Å²) in [4.78, 5) is 24.0. The molecule has 0 aliphatic heterocycles. The highest BCUT2D eigenvalue weighted by molar-refractivity contribution is 5.64. The first-order chi connectivity index (χ1) is 8.70. The molecular formula is C11H8N4O3. The minimum Gasteiger partial charge on any atom is -0.258 e. The maximum absolute atomic E-state index is 10.5. The molecule has 1 aromatic carbocycles. The number of rotatable bonds is 4. The van der Waals surface area contributed by atoms with Crippen LogP contribution in [0.1, 0.15) is 0 Å². The number of aromatic nitrogens is 1. The Morgan fingerprint density at radius 3 is 2.28 bits per heavy atom. The molecule has 2 aromatic rings. The van der Waals surface area contributed by atoms with Gasteiger partial charge in [-0.2, -0.15) is 0 Å². The Balaban J connectivity index is 2.25. The van der Waals surface area contributed by atoms with E-state index in [9.17, 15) is 15.0 Å². The Hall–Kier alpha value is -2.83. The van der Waals surface area contributed by atoms with Gasteiger partial charge in [-0.25, -0.2) is 10.4 Å².